The number of hydrogen-bond acceptors (Lipinski definition) is 4. The molecule has 0 spiro atoms. The molecule has 0 fully saturated rings. The van der Waals surface area contributed by atoms with Gasteiger partial charge in [0.2, 0.25) is 5.91 Å². The van der Waals surface area contributed by atoms with E-state index < -0.39 is 6.10 Å². The van der Waals surface area contributed by atoms with E-state index in [0.717, 1.165) is 30.8 Å². The van der Waals surface area contributed by atoms with Crippen LogP contribution >= 0.6 is 0 Å². The van der Waals surface area contributed by atoms with Crippen molar-refractivity contribution in [3.05, 3.63) is 29.8 Å². The third-order valence-corrected chi connectivity index (χ3v) is 3.07. The highest BCUT2D eigenvalue weighted by Crippen LogP contribution is 2.19. The van der Waals surface area contributed by atoms with Crippen molar-refractivity contribution in [2.75, 3.05) is 26.2 Å². The summed E-state index contributed by atoms with van der Waals surface area (Å²) >= 11 is 0. The van der Waals surface area contributed by atoms with Gasteiger partial charge in [-0.05, 0) is 50.6 Å². The SMILES string of the molecule is CCOc1ccc(C(O)CCNCCCNC(C)=O)cc1. The molecular formula is C16H26N2O3. The zero-order valence-corrected chi connectivity index (χ0v) is 12.9. The number of benzene rings is 1. The molecule has 3 N–H and O–H groups in total. The predicted octanol–water partition coefficient (Wildman–Crippen LogP) is 1.62. The minimum atomic E-state index is -0.469. The van der Waals surface area contributed by atoms with Crippen molar-refractivity contribution in [3.8, 4) is 5.75 Å². The molecule has 1 atom stereocenters. The summed E-state index contributed by atoms with van der Waals surface area (Å²) < 4.78 is 5.37. The van der Waals surface area contributed by atoms with Crippen molar-refractivity contribution >= 4 is 5.91 Å². The van der Waals surface area contributed by atoms with Crippen LogP contribution in [0.1, 0.15) is 38.4 Å². The molecule has 5 nitrogen and oxygen atoms in total. The van der Waals surface area contributed by atoms with Crippen LogP contribution in [0.4, 0.5) is 0 Å². The van der Waals surface area contributed by atoms with Crippen LogP contribution in [-0.4, -0.2) is 37.3 Å². The molecule has 0 aliphatic heterocycles. The average Bonchev–Trinajstić information content (AvgIpc) is 2.47. The van der Waals surface area contributed by atoms with E-state index in [4.69, 9.17) is 4.74 Å². The Bertz CT molecular complexity index is 406. The van der Waals surface area contributed by atoms with Crippen LogP contribution in [0.3, 0.4) is 0 Å². The molecule has 1 aromatic carbocycles. The summed E-state index contributed by atoms with van der Waals surface area (Å²) in [7, 11) is 0. The van der Waals surface area contributed by atoms with Crippen LogP contribution in [0.15, 0.2) is 24.3 Å². The van der Waals surface area contributed by atoms with E-state index in [-0.39, 0.29) is 5.91 Å². The van der Waals surface area contributed by atoms with Crippen molar-refractivity contribution in [2.24, 2.45) is 0 Å². The van der Waals surface area contributed by atoms with E-state index in [9.17, 15) is 9.90 Å². The highest BCUT2D eigenvalue weighted by atomic mass is 16.5. The first-order valence-electron chi connectivity index (χ1n) is 7.49. The molecule has 0 aliphatic rings. The highest BCUT2D eigenvalue weighted by Gasteiger charge is 2.07. The summed E-state index contributed by atoms with van der Waals surface area (Å²) in [5.74, 6) is 0.825. The summed E-state index contributed by atoms with van der Waals surface area (Å²) in [6.45, 7) is 6.36. The third kappa shape index (κ3) is 7.68. The standard InChI is InChI=1S/C16H26N2O3/c1-3-21-15-7-5-14(6-8-15)16(20)9-12-17-10-4-11-18-13(2)19/h5-8,16-17,20H,3-4,9-12H2,1-2H3,(H,18,19). The Morgan fingerprint density at radius 1 is 1.24 bits per heavy atom. The van der Waals surface area contributed by atoms with Crippen molar-refractivity contribution in [1.82, 2.24) is 10.6 Å². The minimum absolute atomic E-state index is 0.000853. The van der Waals surface area contributed by atoms with Gasteiger partial charge in [-0.25, -0.2) is 0 Å². The fourth-order valence-electron chi connectivity index (χ4n) is 1.96. The zero-order chi connectivity index (χ0) is 15.5. The molecule has 1 amide bonds. The van der Waals surface area contributed by atoms with Crippen molar-refractivity contribution in [3.63, 3.8) is 0 Å². The molecule has 1 rings (SSSR count). The molecule has 0 radical (unpaired) electrons. The molecule has 0 saturated carbocycles. The van der Waals surface area contributed by atoms with Crippen molar-refractivity contribution in [2.45, 2.75) is 32.8 Å². The fraction of sp³-hybridized carbons (Fsp3) is 0.562. The Morgan fingerprint density at radius 3 is 2.57 bits per heavy atom. The number of aliphatic hydroxyl groups is 1. The molecule has 0 bridgehead atoms. The van der Waals surface area contributed by atoms with Crippen molar-refractivity contribution in [1.29, 1.82) is 0 Å². The fourth-order valence-corrected chi connectivity index (χ4v) is 1.96. The number of rotatable bonds is 10. The Balaban J connectivity index is 2.15. The molecule has 21 heavy (non-hydrogen) atoms. The number of ether oxygens (including phenoxy) is 1. The first-order chi connectivity index (χ1) is 10.1. The van der Waals surface area contributed by atoms with Gasteiger partial charge in [0.05, 0.1) is 12.7 Å². The molecule has 0 aliphatic carbocycles. The summed E-state index contributed by atoms with van der Waals surface area (Å²) in [5, 5.41) is 16.1. The largest absolute Gasteiger partial charge is 0.494 e. The third-order valence-electron chi connectivity index (χ3n) is 3.07. The number of carbonyl (C=O) groups excluding carboxylic acids is 1. The van der Waals surface area contributed by atoms with Gasteiger partial charge in [-0.15, -0.1) is 0 Å². The van der Waals surface area contributed by atoms with E-state index in [1.165, 1.54) is 6.92 Å². The van der Waals surface area contributed by atoms with Crippen LogP contribution in [0.25, 0.3) is 0 Å². The molecule has 0 saturated heterocycles. The smallest absolute Gasteiger partial charge is 0.216 e. The second-order valence-corrected chi connectivity index (χ2v) is 4.89. The number of hydrogen-bond donors (Lipinski definition) is 3. The minimum Gasteiger partial charge on any atom is -0.494 e. The Hall–Kier alpha value is -1.59. The first-order valence-corrected chi connectivity index (χ1v) is 7.49. The lowest BCUT2D eigenvalue weighted by Gasteiger charge is -2.12. The lowest BCUT2D eigenvalue weighted by atomic mass is 10.1. The predicted molar refractivity (Wildman–Crippen MR) is 83.4 cm³/mol. The normalized spacial score (nSPS) is 12.0. The van der Waals surface area contributed by atoms with E-state index in [0.29, 0.717) is 19.6 Å². The van der Waals surface area contributed by atoms with Crippen LogP contribution in [-0.2, 0) is 4.79 Å². The summed E-state index contributed by atoms with van der Waals surface area (Å²) in [6, 6.07) is 7.55. The van der Waals surface area contributed by atoms with E-state index in [2.05, 4.69) is 10.6 Å². The Morgan fingerprint density at radius 2 is 1.95 bits per heavy atom. The van der Waals surface area contributed by atoms with E-state index in [1.807, 2.05) is 31.2 Å². The molecule has 1 unspecified atom stereocenters. The van der Waals surface area contributed by atoms with Gasteiger partial charge in [0.15, 0.2) is 0 Å². The van der Waals surface area contributed by atoms with Crippen molar-refractivity contribution < 1.29 is 14.6 Å². The quantitative estimate of drug-likeness (QED) is 0.574. The van der Waals surface area contributed by atoms with Gasteiger partial charge in [0, 0.05) is 13.5 Å². The maximum absolute atomic E-state index is 10.7. The molecular weight excluding hydrogens is 268 g/mol. The van der Waals surface area contributed by atoms with Gasteiger partial charge in [-0.3, -0.25) is 4.79 Å². The monoisotopic (exact) mass is 294 g/mol. The topological polar surface area (TPSA) is 70.6 Å². The zero-order valence-electron chi connectivity index (χ0n) is 12.9. The molecule has 0 aromatic heterocycles. The Kier molecular flexibility index (Phi) is 8.47. The highest BCUT2D eigenvalue weighted by molar-refractivity contribution is 5.72. The van der Waals surface area contributed by atoms with Crippen LogP contribution in [0, 0.1) is 0 Å². The number of aliphatic hydroxyl groups excluding tert-OH is 1. The lowest BCUT2D eigenvalue weighted by Crippen LogP contribution is -2.26. The second kappa shape index (κ2) is 10.2. The van der Waals surface area contributed by atoms with Gasteiger partial charge in [0.25, 0.3) is 0 Å². The van der Waals surface area contributed by atoms with Crippen LogP contribution in [0.5, 0.6) is 5.75 Å². The summed E-state index contributed by atoms with van der Waals surface area (Å²) in [4.78, 5) is 10.7. The van der Waals surface area contributed by atoms with E-state index in [1.54, 1.807) is 0 Å². The van der Waals surface area contributed by atoms with Crippen LogP contribution in [0.2, 0.25) is 0 Å². The maximum Gasteiger partial charge on any atom is 0.216 e. The second-order valence-electron chi connectivity index (χ2n) is 4.89. The summed E-state index contributed by atoms with van der Waals surface area (Å²) in [5.41, 5.74) is 0.901. The Labute approximate surface area is 126 Å². The first kappa shape index (κ1) is 17.5. The molecule has 118 valence electrons. The maximum atomic E-state index is 10.7. The number of amides is 1. The van der Waals surface area contributed by atoms with Gasteiger partial charge < -0.3 is 20.5 Å². The average molecular weight is 294 g/mol. The van der Waals surface area contributed by atoms with Gasteiger partial charge in [-0.2, -0.15) is 0 Å². The molecule has 1 aromatic rings. The van der Waals surface area contributed by atoms with Gasteiger partial charge in [0.1, 0.15) is 5.75 Å². The van der Waals surface area contributed by atoms with Crippen LogP contribution < -0.4 is 15.4 Å². The lowest BCUT2D eigenvalue weighted by molar-refractivity contribution is -0.118. The number of carbonyl (C=O) groups is 1. The molecule has 0 heterocycles. The van der Waals surface area contributed by atoms with Gasteiger partial charge >= 0.3 is 0 Å². The summed E-state index contributed by atoms with van der Waals surface area (Å²) in [6.07, 6.45) is 1.08. The van der Waals surface area contributed by atoms with E-state index >= 15 is 0 Å². The number of nitrogens with one attached hydrogen (secondary N) is 2. The van der Waals surface area contributed by atoms with Gasteiger partial charge in [-0.1, -0.05) is 12.1 Å². The molecule has 5 heteroatoms.